The number of hydrogen-bond acceptors (Lipinski definition) is 3. The van der Waals surface area contributed by atoms with Crippen molar-refractivity contribution >= 4 is 21.8 Å². The molecule has 1 aliphatic rings. The van der Waals surface area contributed by atoms with Gasteiger partial charge in [-0.05, 0) is 18.1 Å². The zero-order valence-electron chi connectivity index (χ0n) is 14.3. The van der Waals surface area contributed by atoms with Gasteiger partial charge in [-0.25, -0.2) is 4.68 Å². The van der Waals surface area contributed by atoms with Gasteiger partial charge in [0, 0.05) is 29.5 Å². The minimum atomic E-state index is 0.195. The molecule has 2 heterocycles. The van der Waals surface area contributed by atoms with Crippen LogP contribution in [-0.2, 0) is 11.2 Å². The maximum Gasteiger partial charge on any atom is 0.223 e. The zero-order valence-corrected chi connectivity index (χ0v) is 15.8. The molecule has 6 heteroatoms. The number of hydrogen-bond donors (Lipinski definition) is 0. The van der Waals surface area contributed by atoms with Gasteiger partial charge in [-0.1, -0.05) is 69.7 Å². The molecule has 0 spiro atoms. The Morgan fingerprint density at radius 3 is 2.58 bits per heavy atom. The van der Waals surface area contributed by atoms with E-state index in [4.69, 9.17) is 0 Å². The molecule has 1 aromatic heterocycles. The van der Waals surface area contributed by atoms with Gasteiger partial charge in [0.1, 0.15) is 5.69 Å². The summed E-state index contributed by atoms with van der Waals surface area (Å²) >= 11 is 3.53. The molecule has 5 nitrogen and oxygen atoms in total. The van der Waals surface area contributed by atoms with Gasteiger partial charge >= 0.3 is 0 Å². The SMILES string of the molecule is O=C(CCc1ccccc1Br)N1CC(n2cc(-c3ccccc3)nn2)C1. The lowest BCUT2D eigenvalue weighted by atomic mass is 10.1. The summed E-state index contributed by atoms with van der Waals surface area (Å²) in [6, 6.07) is 18.3. The summed E-state index contributed by atoms with van der Waals surface area (Å²) in [7, 11) is 0. The Hall–Kier alpha value is -2.47. The van der Waals surface area contributed by atoms with E-state index >= 15 is 0 Å². The minimum absolute atomic E-state index is 0.195. The third kappa shape index (κ3) is 3.55. The Kier molecular flexibility index (Phi) is 4.84. The van der Waals surface area contributed by atoms with Crippen molar-refractivity contribution in [2.75, 3.05) is 13.1 Å². The lowest BCUT2D eigenvalue weighted by Gasteiger charge is -2.39. The number of amides is 1. The Bertz CT molecular complexity index is 903. The molecular weight excluding hydrogens is 392 g/mol. The number of nitrogens with zero attached hydrogens (tertiary/aromatic N) is 4. The van der Waals surface area contributed by atoms with Crippen LogP contribution in [0.5, 0.6) is 0 Å². The largest absolute Gasteiger partial charge is 0.338 e. The molecule has 0 aliphatic carbocycles. The molecule has 0 saturated carbocycles. The van der Waals surface area contributed by atoms with Crippen LogP contribution in [0.25, 0.3) is 11.3 Å². The third-order valence-corrected chi connectivity index (χ3v) is 5.51. The summed E-state index contributed by atoms with van der Waals surface area (Å²) in [5.74, 6) is 0.195. The molecule has 0 N–H and O–H groups in total. The van der Waals surface area contributed by atoms with Gasteiger partial charge in [0.05, 0.1) is 12.2 Å². The van der Waals surface area contributed by atoms with Crippen molar-refractivity contribution in [3.63, 3.8) is 0 Å². The van der Waals surface area contributed by atoms with Crippen molar-refractivity contribution in [3.05, 3.63) is 70.8 Å². The first-order chi connectivity index (χ1) is 12.7. The monoisotopic (exact) mass is 410 g/mol. The van der Waals surface area contributed by atoms with Crippen molar-refractivity contribution in [1.82, 2.24) is 19.9 Å². The fraction of sp³-hybridized carbons (Fsp3) is 0.250. The molecule has 26 heavy (non-hydrogen) atoms. The first-order valence-corrected chi connectivity index (χ1v) is 9.48. The van der Waals surface area contributed by atoms with Crippen molar-refractivity contribution in [1.29, 1.82) is 0 Å². The first-order valence-electron chi connectivity index (χ1n) is 8.69. The standard InChI is InChI=1S/C20H19BrN4O/c21-18-9-5-4-6-15(18)10-11-20(26)24-12-17(13-24)25-14-19(22-23-25)16-7-2-1-3-8-16/h1-9,14,17H,10-13H2. The summed E-state index contributed by atoms with van der Waals surface area (Å²) in [4.78, 5) is 14.3. The topological polar surface area (TPSA) is 51.0 Å². The maximum absolute atomic E-state index is 12.4. The van der Waals surface area contributed by atoms with E-state index in [0.29, 0.717) is 19.5 Å². The van der Waals surface area contributed by atoms with Gasteiger partial charge < -0.3 is 4.90 Å². The fourth-order valence-corrected chi connectivity index (χ4v) is 3.61. The van der Waals surface area contributed by atoms with Crippen LogP contribution < -0.4 is 0 Å². The van der Waals surface area contributed by atoms with Crippen LogP contribution in [0.15, 0.2) is 65.3 Å². The molecule has 0 atom stereocenters. The van der Waals surface area contributed by atoms with E-state index in [9.17, 15) is 4.79 Å². The molecule has 1 amide bonds. The van der Waals surface area contributed by atoms with Crippen LogP contribution in [0.2, 0.25) is 0 Å². The number of carbonyl (C=O) groups is 1. The predicted molar refractivity (Wildman–Crippen MR) is 104 cm³/mol. The van der Waals surface area contributed by atoms with Crippen molar-refractivity contribution in [3.8, 4) is 11.3 Å². The fourth-order valence-electron chi connectivity index (χ4n) is 3.12. The lowest BCUT2D eigenvalue weighted by Crippen LogP contribution is -2.51. The van der Waals surface area contributed by atoms with Gasteiger partial charge in [0.25, 0.3) is 0 Å². The summed E-state index contributed by atoms with van der Waals surface area (Å²) in [6.45, 7) is 1.40. The second-order valence-corrected chi connectivity index (χ2v) is 7.35. The average molecular weight is 411 g/mol. The van der Waals surface area contributed by atoms with Crippen LogP contribution in [0.4, 0.5) is 0 Å². The van der Waals surface area contributed by atoms with Crippen LogP contribution in [0.3, 0.4) is 0 Å². The molecule has 1 aliphatic heterocycles. The van der Waals surface area contributed by atoms with E-state index < -0.39 is 0 Å². The predicted octanol–water partition coefficient (Wildman–Crippen LogP) is 3.72. The van der Waals surface area contributed by atoms with Gasteiger partial charge in [0.2, 0.25) is 5.91 Å². The van der Waals surface area contributed by atoms with E-state index in [1.165, 1.54) is 5.56 Å². The summed E-state index contributed by atoms with van der Waals surface area (Å²) in [6.07, 6.45) is 3.24. The number of aromatic nitrogens is 3. The zero-order chi connectivity index (χ0) is 17.9. The van der Waals surface area contributed by atoms with E-state index in [0.717, 1.165) is 22.2 Å². The minimum Gasteiger partial charge on any atom is -0.338 e. The van der Waals surface area contributed by atoms with E-state index in [1.54, 1.807) is 0 Å². The summed E-state index contributed by atoms with van der Waals surface area (Å²) in [5.41, 5.74) is 3.09. The average Bonchev–Trinajstić information content (AvgIpc) is 3.10. The summed E-state index contributed by atoms with van der Waals surface area (Å²) in [5, 5.41) is 8.49. The van der Waals surface area contributed by atoms with Crippen LogP contribution in [0, 0.1) is 0 Å². The molecule has 1 fully saturated rings. The highest BCUT2D eigenvalue weighted by Crippen LogP contribution is 2.24. The first kappa shape index (κ1) is 17.0. The van der Waals surface area contributed by atoms with E-state index in [1.807, 2.05) is 64.3 Å². The molecule has 1 saturated heterocycles. The number of halogens is 1. The van der Waals surface area contributed by atoms with E-state index in [-0.39, 0.29) is 11.9 Å². The second kappa shape index (κ2) is 7.41. The number of carbonyl (C=O) groups excluding carboxylic acids is 1. The molecule has 0 unspecified atom stereocenters. The molecule has 3 aromatic rings. The van der Waals surface area contributed by atoms with Gasteiger partial charge in [-0.3, -0.25) is 4.79 Å². The highest BCUT2D eigenvalue weighted by molar-refractivity contribution is 9.10. The highest BCUT2D eigenvalue weighted by Gasteiger charge is 2.32. The van der Waals surface area contributed by atoms with Gasteiger partial charge in [-0.15, -0.1) is 5.10 Å². The number of aryl methyl sites for hydroxylation is 1. The van der Waals surface area contributed by atoms with E-state index in [2.05, 4.69) is 32.3 Å². The van der Waals surface area contributed by atoms with Crippen molar-refractivity contribution in [2.45, 2.75) is 18.9 Å². The molecule has 2 aromatic carbocycles. The number of benzene rings is 2. The Morgan fingerprint density at radius 1 is 1.08 bits per heavy atom. The molecule has 0 bridgehead atoms. The Balaban J connectivity index is 1.31. The molecule has 132 valence electrons. The van der Waals surface area contributed by atoms with Crippen LogP contribution in [0.1, 0.15) is 18.0 Å². The van der Waals surface area contributed by atoms with Gasteiger partial charge in [0.15, 0.2) is 0 Å². The van der Waals surface area contributed by atoms with Crippen LogP contribution >= 0.6 is 15.9 Å². The molecule has 0 radical (unpaired) electrons. The van der Waals surface area contributed by atoms with Gasteiger partial charge in [-0.2, -0.15) is 0 Å². The maximum atomic E-state index is 12.4. The Labute approximate surface area is 160 Å². The smallest absolute Gasteiger partial charge is 0.223 e. The van der Waals surface area contributed by atoms with Crippen LogP contribution in [-0.4, -0.2) is 38.9 Å². The number of likely N-dealkylation sites (tertiary alicyclic amines) is 1. The molecule has 4 rings (SSSR count). The van der Waals surface area contributed by atoms with Crippen molar-refractivity contribution < 1.29 is 4.79 Å². The number of rotatable bonds is 5. The molecular formula is C20H19BrN4O. The lowest BCUT2D eigenvalue weighted by molar-refractivity contribution is -0.137. The second-order valence-electron chi connectivity index (χ2n) is 6.49. The normalized spacial score (nSPS) is 14.3. The Morgan fingerprint density at radius 2 is 1.81 bits per heavy atom. The quantitative estimate of drug-likeness (QED) is 0.643. The highest BCUT2D eigenvalue weighted by atomic mass is 79.9. The third-order valence-electron chi connectivity index (χ3n) is 4.73. The summed E-state index contributed by atoms with van der Waals surface area (Å²) < 4.78 is 2.94. The van der Waals surface area contributed by atoms with Crippen molar-refractivity contribution in [2.24, 2.45) is 0 Å².